The molecule has 2 atom stereocenters. The molecule has 2 unspecified atom stereocenters. The van der Waals surface area contributed by atoms with E-state index in [1.54, 1.807) is 4.90 Å². The fourth-order valence-electron chi connectivity index (χ4n) is 2.45. The smallest absolute Gasteiger partial charge is 0.326 e. The van der Waals surface area contributed by atoms with Gasteiger partial charge in [0.1, 0.15) is 6.04 Å². The van der Waals surface area contributed by atoms with Crippen LogP contribution in [0.4, 0.5) is 4.79 Å². The zero-order chi connectivity index (χ0) is 13.0. The number of carboxylic acid groups (broad SMARTS) is 1. The molecule has 1 fully saturated rings. The van der Waals surface area contributed by atoms with Gasteiger partial charge in [-0.1, -0.05) is 6.92 Å². The van der Waals surface area contributed by atoms with Crippen LogP contribution in [-0.2, 0) is 4.79 Å². The molecule has 2 amide bonds. The van der Waals surface area contributed by atoms with Crippen molar-refractivity contribution in [2.45, 2.75) is 39.7 Å². The molecule has 0 saturated carbocycles. The lowest BCUT2D eigenvalue weighted by atomic mass is 9.91. The Morgan fingerprint density at radius 2 is 1.94 bits per heavy atom. The third kappa shape index (κ3) is 2.90. The Morgan fingerprint density at radius 1 is 1.35 bits per heavy atom. The molecule has 1 aliphatic heterocycles. The molecular weight excluding hydrogens is 220 g/mol. The number of piperidine rings is 1. The van der Waals surface area contributed by atoms with Crippen molar-refractivity contribution in [3.8, 4) is 0 Å². The molecule has 0 aromatic carbocycles. The SMILES string of the molecule is CCN(CC)C(=O)N1CCCC(C)C1C(=O)O. The van der Waals surface area contributed by atoms with E-state index in [1.807, 2.05) is 20.8 Å². The topological polar surface area (TPSA) is 60.9 Å². The summed E-state index contributed by atoms with van der Waals surface area (Å²) < 4.78 is 0. The zero-order valence-corrected chi connectivity index (χ0v) is 10.8. The van der Waals surface area contributed by atoms with Crippen LogP contribution in [-0.4, -0.2) is 52.6 Å². The lowest BCUT2D eigenvalue weighted by molar-refractivity contribution is -0.145. The van der Waals surface area contributed by atoms with E-state index in [4.69, 9.17) is 0 Å². The lowest BCUT2D eigenvalue weighted by Gasteiger charge is -2.39. The minimum Gasteiger partial charge on any atom is -0.480 e. The number of carbonyl (C=O) groups excluding carboxylic acids is 1. The molecule has 1 aliphatic rings. The number of carbonyl (C=O) groups is 2. The van der Waals surface area contributed by atoms with Crippen molar-refractivity contribution in [1.29, 1.82) is 0 Å². The number of urea groups is 1. The Labute approximate surface area is 102 Å². The van der Waals surface area contributed by atoms with Gasteiger partial charge in [-0.3, -0.25) is 0 Å². The van der Waals surface area contributed by atoms with Crippen molar-refractivity contribution in [2.75, 3.05) is 19.6 Å². The summed E-state index contributed by atoms with van der Waals surface area (Å²) in [5, 5.41) is 9.24. The Morgan fingerprint density at radius 3 is 2.41 bits per heavy atom. The van der Waals surface area contributed by atoms with Crippen LogP contribution in [0.3, 0.4) is 0 Å². The van der Waals surface area contributed by atoms with Gasteiger partial charge >= 0.3 is 12.0 Å². The Bertz CT molecular complexity index is 289. The second-order valence-corrected chi connectivity index (χ2v) is 4.55. The van der Waals surface area contributed by atoms with E-state index in [1.165, 1.54) is 4.90 Å². The number of likely N-dealkylation sites (tertiary alicyclic amines) is 1. The maximum absolute atomic E-state index is 12.2. The monoisotopic (exact) mass is 242 g/mol. The summed E-state index contributed by atoms with van der Waals surface area (Å²) >= 11 is 0. The van der Waals surface area contributed by atoms with Crippen LogP contribution in [0, 0.1) is 5.92 Å². The number of aliphatic carboxylic acids is 1. The average Bonchev–Trinajstić information content (AvgIpc) is 2.29. The quantitative estimate of drug-likeness (QED) is 0.818. The Kier molecular flexibility index (Phi) is 4.78. The molecule has 5 nitrogen and oxygen atoms in total. The molecule has 0 aromatic rings. The fourth-order valence-corrected chi connectivity index (χ4v) is 2.45. The first-order valence-corrected chi connectivity index (χ1v) is 6.31. The fraction of sp³-hybridized carbons (Fsp3) is 0.833. The van der Waals surface area contributed by atoms with Gasteiger partial charge in [0.2, 0.25) is 0 Å². The van der Waals surface area contributed by atoms with Crippen LogP contribution in [0.1, 0.15) is 33.6 Å². The van der Waals surface area contributed by atoms with E-state index in [9.17, 15) is 14.7 Å². The minimum atomic E-state index is -0.891. The average molecular weight is 242 g/mol. The maximum atomic E-state index is 12.2. The number of nitrogens with zero attached hydrogens (tertiary/aromatic N) is 2. The predicted molar refractivity (Wildman–Crippen MR) is 64.8 cm³/mol. The highest BCUT2D eigenvalue weighted by atomic mass is 16.4. The van der Waals surface area contributed by atoms with Crippen molar-refractivity contribution in [3.63, 3.8) is 0 Å². The van der Waals surface area contributed by atoms with Gasteiger partial charge in [0.25, 0.3) is 0 Å². The molecule has 5 heteroatoms. The van der Waals surface area contributed by atoms with Gasteiger partial charge in [-0.2, -0.15) is 0 Å². The third-order valence-corrected chi connectivity index (χ3v) is 3.47. The minimum absolute atomic E-state index is 0.0285. The molecule has 1 saturated heterocycles. The Hall–Kier alpha value is -1.26. The van der Waals surface area contributed by atoms with Gasteiger partial charge < -0.3 is 14.9 Å². The molecule has 17 heavy (non-hydrogen) atoms. The van der Waals surface area contributed by atoms with Crippen LogP contribution < -0.4 is 0 Å². The van der Waals surface area contributed by atoms with Gasteiger partial charge in [0, 0.05) is 19.6 Å². The van der Waals surface area contributed by atoms with Gasteiger partial charge in [-0.15, -0.1) is 0 Å². The molecule has 0 bridgehead atoms. The summed E-state index contributed by atoms with van der Waals surface area (Å²) in [7, 11) is 0. The zero-order valence-electron chi connectivity index (χ0n) is 10.8. The van der Waals surface area contributed by atoms with Crippen molar-refractivity contribution in [2.24, 2.45) is 5.92 Å². The molecule has 1 rings (SSSR count). The standard InChI is InChI=1S/C12H22N2O3/c1-4-13(5-2)12(17)14-8-6-7-9(3)10(14)11(15)16/h9-10H,4-8H2,1-3H3,(H,15,16). The predicted octanol–water partition coefficient (Wildman–Crippen LogP) is 1.63. The largest absolute Gasteiger partial charge is 0.480 e. The second-order valence-electron chi connectivity index (χ2n) is 4.55. The van der Waals surface area contributed by atoms with E-state index < -0.39 is 12.0 Å². The van der Waals surface area contributed by atoms with Crippen molar-refractivity contribution in [1.82, 2.24) is 9.80 Å². The molecule has 1 heterocycles. The molecule has 0 radical (unpaired) electrons. The van der Waals surface area contributed by atoms with E-state index in [0.29, 0.717) is 19.6 Å². The van der Waals surface area contributed by atoms with E-state index in [0.717, 1.165) is 12.8 Å². The second kappa shape index (κ2) is 5.89. The van der Waals surface area contributed by atoms with Crippen molar-refractivity contribution < 1.29 is 14.7 Å². The highest BCUT2D eigenvalue weighted by molar-refractivity contribution is 5.83. The van der Waals surface area contributed by atoms with E-state index in [2.05, 4.69) is 0 Å². The van der Waals surface area contributed by atoms with Gasteiger partial charge in [-0.05, 0) is 32.6 Å². The summed E-state index contributed by atoms with van der Waals surface area (Å²) in [5.74, 6) is -0.863. The first-order chi connectivity index (χ1) is 8.02. The van der Waals surface area contributed by atoms with E-state index >= 15 is 0 Å². The normalized spacial score (nSPS) is 24.5. The molecule has 98 valence electrons. The summed E-state index contributed by atoms with van der Waals surface area (Å²) in [5.41, 5.74) is 0. The number of carboxylic acids is 1. The first-order valence-electron chi connectivity index (χ1n) is 6.31. The molecule has 0 aromatic heterocycles. The molecule has 0 spiro atoms. The summed E-state index contributed by atoms with van der Waals surface area (Å²) in [6.07, 6.45) is 1.76. The lowest BCUT2D eigenvalue weighted by Crippen LogP contribution is -2.55. The summed E-state index contributed by atoms with van der Waals surface area (Å²) in [6, 6.07) is -0.814. The van der Waals surface area contributed by atoms with Crippen LogP contribution in [0.2, 0.25) is 0 Å². The maximum Gasteiger partial charge on any atom is 0.326 e. The van der Waals surface area contributed by atoms with Crippen LogP contribution in [0.5, 0.6) is 0 Å². The third-order valence-electron chi connectivity index (χ3n) is 3.47. The van der Waals surface area contributed by atoms with Gasteiger partial charge in [0.05, 0.1) is 0 Å². The van der Waals surface area contributed by atoms with Gasteiger partial charge in [0.15, 0.2) is 0 Å². The number of amides is 2. The first kappa shape index (κ1) is 13.8. The van der Waals surface area contributed by atoms with Crippen LogP contribution in [0.15, 0.2) is 0 Å². The van der Waals surface area contributed by atoms with E-state index in [-0.39, 0.29) is 11.9 Å². The summed E-state index contributed by atoms with van der Waals surface area (Å²) in [6.45, 7) is 7.51. The number of hydrogen-bond acceptors (Lipinski definition) is 2. The number of hydrogen-bond donors (Lipinski definition) is 1. The van der Waals surface area contributed by atoms with Gasteiger partial charge in [-0.25, -0.2) is 9.59 Å². The highest BCUT2D eigenvalue weighted by Gasteiger charge is 2.38. The molecular formula is C12H22N2O3. The van der Waals surface area contributed by atoms with Crippen LogP contribution >= 0.6 is 0 Å². The molecule has 0 aliphatic carbocycles. The van der Waals surface area contributed by atoms with Crippen molar-refractivity contribution >= 4 is 12.0 Å². The molecule has 1 N–H and O–H groups in total. The number of rotatable bonds is 3. The highest BCUT2D eigenvalue weighted by Crippen LogP contribution is 2.24. The van der Waals surface area contributed by atoms with Crippen molar-refractivity contribution in [3.05, 3.63) is 0 Å². The van der Waals surface area contributed by atoms with Crippen LogP contribution in [0.25, 0.3) is 0 Å². The summed E-state index contributed by atoms with van der Waals surface area (Å²) in [4.78, 5) is 26.7. The Balaban J connectivity index is 2.85.